The lowest BCUT2D eigenvalue weighted by Crippen LogP contribution is -2.30. The van der Waals surface area contributed by atoms with Crippen molar-refractivity contribution in [3.8, 4) is 11.5 Å². The van der Waals surface area contributed by atoms with E-state index >= 15 is 0 Å². The van der Waals surface area contributed by atoms with Gasteiger partial charge in [-0.15, -0.1) is 0 Å². The number of aryl methyl sites for hydroxylation is 2. The molecule has 0 aliphatic carbocycles. The number of methoxy groups -OCH3 is 1. The fourth-order valence-electron chi connectivity index (χ4n) is 2.16. The highest BCUT2D eigenvalue weighted by Gasteiger charge is 2.17. The SMILES string of the molecule is COc1cccc(NC(=O)[C@H](C)Oc2c(C)cccc2C)c1. The number of anilines is 1. The zero-order valence-electron chi connectivity index (χ0n) is 13.3. The third-order valence-electron chi connectivity index (χ3n) is 3.41. The minimum atomic E-state index is -0.592. The van der Waals surface area contributed by atoms with Gasteiger partial charge in [-0.05, 0) is 44.0 Å². The van der Waals surface area contributed by atoms with Crippen LogP contribution >= 0.6 is 0 Å². The van der Waals surface area contributed by atoms with Crippen molar-refractivity contribution in [2.75, 3.05) is 12.4 Å². The van der Waals surface area contributed by atoms with Crippen LogP contribution in [-0.2, 0) is 4.79 Å². The van der Waals surface area contributed by atoms with Crippen molar-refractivity contribution in [2.24, 2.45) is 0 Å². The normalized spacial score (nSPS) is 11.6. The summed E-state index contributed by atoms with van der Waals surface area (Å²) in [6.45, 7) is 5.67. The number of carbonyl (C=O) groups is 1. The molecule has 0 spiro atoms. The molecule has 0 aliphatic heterocycles. The van der Waals surface area contributed by atoms with Crippen LogP contribution in [0, 0.1) is 13.8 Å². The van der Waals surface area contributed by atoms with Crippen LogP contribution in [-0.4, -0.2) is 19.1 Å². The molecule has 0 heterocycles. The van der Waals surface area contributed by atoms with Gasteiger partial charge in [-0.2, -0.15) is 0 Å². The molecular weight excluding hydrogens is 278 g/mol. The second kappa shape index (κ2) is 6.98. The Morgan fingerprint density at radius 1 is 1.09 bits per heavy atom. The largest absolute Gasteiger partial charge is 0.497 e. The lowest BCUT2D eigenvalue weighted by atomic mass is 10.1. The summed E-state index contributed by atoms with van der Waals surface area (Å²) in [7, 11) is 1.59. The number of benzene rings is 2. The molecule has 2 rings (SSSR count). The van der Waals surface area contributed by atoms with E-state index in [0.29, 0.717) is 11.4 Å². The van der Waals surface area contributed by atoms with Gasteiger partial charge < -0.3 is 14.8 Å². The quantitative estimate of drug-likeness (QED) is 0.915. The third kappa shape index (κ3) is 3.79. The standard InChI is InChI=1S/C18H21NO3/c1-12-7-5-8-13(2)17(12)22-14(3)18(20)19-15-9-6-10-16(11-15)21-4/h5-11,14H,1-4H3,(H,19,20)/t14-/m0/s1. The van der Waals surface area contributed by atoms with Gasteiger partial charge in [0.05, 0.1) is 7.11 Å². The molecule has 0 unspecified atom stereocenters. The number of amides is 1. The highest BCUT2D eigenvalue weighted by molar-refractivity contribution is 5.94. The van der Waals surface area contributed by atoms with E-state index in [-0.39, 0.29) is 5.91 Å². The van der Waals surface area contributed by atoms with E-state index in [1.54, 1.807) is 20.1 Å². The summed E-state index contributed by atoms with van der Waals surface area (Å²) >= 11 is 0. The van der Waals surface area contributed by atoms with Crippen LogP contribution in [0.3, 0.4) is 0 Å². The second-order valence-electron chi connectivity index (χ2n) is 5.20. The number of rotatable bonds is 5. The fraction of sp³-hybridized carbons (Fsp3) is 0.278. The van der Waals surface area contributed by atoms with E-state index in [1.807, 2.05) is 50.2 Å². The smallest absolute Gasteiger partial charge is 0.265 e. The molecule has 22 heavy (non-hydrogen) atoms. The molecule has 0 bridgehead atoms. The highest BCUT2D eigenvalue weighted by atomic mass is 16.5. The molecule has 1 amide bonds. The Hall–Kier alpha value is -2.49. The zero-order chi connectivity index (χ0) is 16.1. The Morgan fingerprint density at radius 2 is 1.73 bits per heavy atom. The molecule has 1 N–H and O–H groups in total. The van der Waals surface area contributed by atoms with Crippen molar-refractivity contribution >= 4 is 11.6 Å². The first-order valence-corrected chi connectivity index (χ1v) is 7.19. The maximum atomic E-state index is 12.3. The molecule has 2 aromatic carbocycles. The molecule has 0 fully saturated rings. The van der Waals surface area contributed by atoms with Gasteiger partial charge in [-0.3, -0.25) is 4.79 Å². The average molecular weight is 299 g/mol. The van der Waals surface area contributed by atoms with Crippen molar-refractivity contribution in [2.45, 2.75) is 26.9 Å². The number of carbonyl (C=O) groups excluding carboxylic acids is 1. The maximum Gasteiger partial charge on any atom is 0.265 e. The molecule has 116 valence electrons. The Labute approximate surface area is 131 Å². The maximum absolute atomic E-state index is 12.3. The second-order valence-corrected chi connectivity index (χ2v) is 5.20. The number of hydrogen-bond donors (Lipinski definition) is 1. The average Bonchev–Trinajstić information content (AvgIpc) is 2.51. The predicted octanol–water partition coefficient (Wildman–Crippen LogP) is 3.72. The number of para-hydroxylation sites is 1. The monoisotopic (exact) mass is 299 g/mol. The molecule has 1 atom stereocenters. The Morgan fingerprint density at radius 3 is 2.36 bits per heavy atom. The molecule has 4 nitrogen and oxygen atoms in total. The van der Waals surface area contributed by atoms with Crippen LogP contribution in [0.1, 0.15) is 18.1 Å². The van der Waals surface area contributed by atoms with E-state index in [2.05, 4.69) is 5.32 Å². The first-order chi connectivity index (χ1) is 10.5. The predicted molar refractivity (Wildman–Crippen MR) is 87.6 cm³/mol. The molecule has 0 radical (unpaired) electrons. The van der Waals surface area contributed by atoms with Crippen LogP contribution in [0.15, 0.2) is 42.5 Å². The highest BCUT2D eigenvalue weighted by Crippen LogP contribution is 2.24. The fourth-order valence-corrected chi connectivity index (χ4v) is 2.16. The van der Waals surface area contributed by atoms with Crippen LogP contribution in [0.4, 0.5) is 5.69 Å². The zero-order valence-corrected chi connectivity index (χ0v) is 13.3. The van der Waals surface area contributed by atoms with Crippen molar-refractivity contribution < 1.29 is 14.3 Å². The van der Waals surface area contributed by atoms with Crippen LogP contribution < -0.4 is 14.8 Å². The van der Waals surface area contributed by atoms with Crippen molar-refractivity contribution in [1.82, 2.24) is 0 Å². The molecule has 4 heteroatoms. The third-order valence-corrected chi connectivity index (χ3v) is 3.41. The lowest BCUT2D eigenvalue weighted by molar-refractivity contribution is -0.122. The van der Waals surface area contributed by atoms with Gasteiger partial charge in [0.15, 0.2) is 6.10 Å². The van der Waals surface area contributed by atoms with Crippen LogP contribution in [0.2, 0.25) is 0 Å². The minimum Gasteiger partial charge on any atom is -0.497 e. The Balaban J connectivity index is 2.06. The Bertz CT molecular complexity index is 647. The molecule has 0 aromatic heterocycles. The Kier molecular flexibility index (Phi) is 5.04. The van der Waals surface area contributed by atoms with Gasteiger partial charge in [-0.1, -0.05) is 24.3 Å². The molecular formula is C18H21NO3. The van der Waals surface area contributed by atoms with E-state index in [9.17, 15) is 4.79 Å². The van der Waals surface area contributed by atoms with Gasteiger partial charge in [0.25, 0.3) is 5.91 Å². The van der Waals surface area contributed by atoms with Crippen LogP contribution in [0.5, 0.6) is 11.5 Å². The molecule has 0 aliphatic rings. The van der Waals surface area contributed by atoms with E-state index < -0.39 is 6.10 Å². The summed E-state index contributed by atoms with van der Waals surface area (Å²) in [6, 6.07) is 13.1. The molecule has 0 saturated heterocycles. The summed E-state index contributed by atoms with van der Waals surface area (Å²) in [5.74, 6) is 1.26. The number of hydrogen-bond acceptors (Lipinski definition) is 3. The number of ether oxygens (including phenoxy) is 2. The number of nitrogens with one attached hydrogen (secondary N) is 1. The minimum absolute atomic E-state index is 0.198. The summed E-state index contributed by atoms with van der Waals surface area (Å²) in [4.78, 5) is 12.3. The van der Waals surface area contributed by atoms with Crippen LogP contribution in [0.25, 0.3) is 0 Å². The molecule has 2 aromatic rings. The summed E-state index contributed by atoms with van der Waals surface area (Å²) in [6.07, 6.45) is -0.592. The van der Waals surface area contributed by atoms with Gasteiger partial charge >= 0.3 is 0 Å². The topological polar surface area (TPSA) is 47.6 Å². The van der Waals surface area contributed by atoms with Crippen molar-refractivity contribution in [1.29, 1.82) is 0 Å². The van der Waals surface area contributed by atoms with Crippen molar-refractivity contribution in [3.63, 3.8) is 0 Å². The summed E-state index contributed by atoms with van der Waals surface area (Å²) in [5, 5.41) is 2.83. The van der Waals surface area contributed by atoms with Gasteiger partial charge in [0.2, 0.25) is 0 Å². The molecule has 0 saturated carbocycles. The van der Waals surface area contributed by atoms with E-state index in [4.69, 9.17) is 9.47 Å². The summed E-state index contributed by atoms with van der Waals surface area (Å²) < 4.78 is 11.0. The van der Waals surface area contributed by atoms with Gasteiger partial charge in [-0.25, -0.2) is 0 Å². The van der Waals surface area contributed by atoms with Gasteiger partial charge in [0.1, 0.15) is 11.5 Å². The van der Waals surface area contributed by atoms with E-state index in [0.717, 1.165) is 16.9 Å². The van der Waals surface area contributed by atoms with Crippen molar-refractivity contribution in [3.05, 3.63) is 53.6 Å². The lowest BCUT2D eigenvalue weighted by Gasteiger charge is -2.18. The first-order valence-electron chi connectivity index (χ1n) is 7.19. The first kappa shape index (κ1) is 15.9. The van der Waals surface area contributed by atoms with Gasteiger partial charge in [0, 0.05) is 11.8 Å². The van der Waals surface area contributed by atoms with E-state index in [1.165, 1.54) is 0 Å². The summed E-state index contributed by atoms with van der Waals surface area (Å²) in [5.41, 5.74) is 2.71.